The summed E-state index contributed by atoms with van der Waals surface area (Å²) in [5.41, 5.74) is 9.27. The fourth-order valence-corrected chi connectivity index (χ4v) is 3.04. The molecule has 18 heavy (non-hydrogen) atoms. The predicted molar refractivity (Wildman–Crippen MR) is 73.4 cm³/mol. The fraction of sp³-hybridized carbons (Fsp3) is 0.357. The van der Waals surface area contributed by atoms with Gasteiger partial charge in [-0.05, 0) is 50.5 Å². The molecule has 0 amide bonds. The molecule has 1 aromatic heterocycles. The Hall–Kier alpha value is -1.26. The van der Waals surface area contributed by atoms with Gasteiger partial charge in [0, 0.05) is 10.9 Å². The van der Waals surface area contributed by atoms with Gasteiger partial charge >= 0.3 is 0 Å². The summed E-state index contributed by atoms with van der Waals surface area (Å²) in [5, 5.41) is 1.04. The summed E-state index contributed by atoms with van der Waals surface area (Å²) in [6.45, 7) is 5.88. The lowest BCUT2D eigenvalue weighted by Gasteiger charge is -2.12. The monoisotopic (exact) mass is 264 g/mol. The van der Waals surface area contributed by atoms with Gasteiger partial charge in [0.25, 0.3) is 0 Å². The van der Waals surface area contributed by atoms with Gasteiger partial charge in [-0.2, -0.15) is 0 Å². The number of halogens is 1. The summed E-state index contributed by atoms with van der Waals surface area (Å²) in [6.07, 6.45) is 0.717. The molecule has 0 spiro atoms. The number of hydrogen-bond donors (Lipinski definition) is 1. The van der Waals surface area contributed by atoms with Gasteiger partial charge in [-0.3, -0.25) is 0 Å². The topological polar surface area (TPSA) is 38.9 Å². The number of thiazole rings is 1. The van der Waals surface area contributed by atoms with Crippen LogP contribution in [0.25, 0.3) is 0 Å². The van der Waals surface area contributed by atoms with Crippen molar-refractivity contribution in [3.63, 3.8) is 0 Å². The smallest absolute Gasteiger partial charge is 0.123 e. The predicted octanol–water partition coefficient (Wildman–Crippen LogP) is 3.45. The molecule has 2 aromatic rings. The first-order valence-electron chi connectivity index (χ1n) is 5.92. The number of aryl methyl sites for hydroxylation is 3. The van der Waals surface area contributed by atoms with E-state index < -0.39 is 0 Å². The van der Waals surface area contributed by atoms with E-state index in [-0.39, 0.29) is 11.9 Å². The van der Waals surface area contributed by atoms with Crippen LogP contribution < -0.4 is 5.73 Å². The minimum atomic E-state index is -0.199. The Morgan fingerprint density at radius 1 is 1.33 bits per heavy atom. The number of rotatable bonds is 3. The third-order valence-electron chi connectivity index (χ3n) is 3.02. The van der Waals surface area contributed by atoms with Crippen molar-refractivity contribution in [1.29, 1.82) is 0 Å². The van der Waals surface area contributed by atoms with E-state index in [9.17, 15) is 4.39 Å². The zero-order valence-corrected chi connectivity index (χ0v) is 11.6. The maximum atomic E-state index is 13.0. The minimum absolute atomic E-state index is 0.0691. The zero-order chi connectivity index (χ0) is 13.3. The van der Waals surface area contributed by atoms with E-state index in [0.717, 1.165) is 26.7 Å². The van der Waals surface area contributed by atoms with Crippen LogP contribution in [-0.4, -0.2) is 4.98 Å². The van der Waals surface area contributed by atoms with Gasteiger partial charge in [-0.25, -0.2) is 9.37 Å². The second-order valence-electron chi connectivity index (χ2n) is 4.56. The summed E-state index contributed by atoms with van der Waals surface area (Å²) in [4.78, 5) is 5.51. The van der Waals surface area contributed by atoms with Crippen LogP contribution in [-0.2, 0) is 6.42 Å². The highest BCUT2D eigenvalue weighted by molar-refractivity contribution is 7.11. The van der Waals surface area contributed by atoms with Crippen LogP contribution in [0.15, 0.2) is 18.2 Å². The van der Waals surface area contributed by atoms with Crippen molar-refractivity contribution in [2.75, 3.05) is 0 Å². The summed E-state index contributed by atoms with van der Waals surface area (Å²) >= 11 is 1.64. The highest BCUT2D eigenvalue weighted by Gasteiger charge is 2.15. The SMILES string of the molecule is Cc1nc(C)c(C(N)Cc2ccc(F)cc2C)s1. The molecule has 0 bridgehead atoms. The Bertz CT molecular complexity index is 563. The van der Waals surface area contributed by atoms with Gasteiger partial charge in [0.05, 0.1) is 10.7 Å². The molecule has 0 aliphatic heterocycles. The molecule has 4 heteroatoms. The number of aromatic nitrogens is 1. The molecule has 2 nitrogen and oxygen atoms in total. The first-order valence-corrected chi connectivity index (χ1v) is 6.73. The second-order valence-corrected chi connectivity index (χ2v) is 5.80. The number of nitrogens with two attached hydrogens (primary N) is 1. The van der Waals surface area contributed by atoms with E-state index in [1.807, 2.05) is 26.8 Å². The highest BCUT2D eigenvalue weighted by atomic mass is 32.1. The maximum absolute atomic E-state index is 13.0. The summed E-state index contributed by atoms with van der Waals surface area (Å²) in [6, 6.07) is 4.78. The molecule has 1 atom stereocenters. The lowest BCUT2D eigenvalue weighted by Crippen LogP contribution is -2.13. The second kappa shape index (κ2) is 5.16. The van der Waals surface area contributed by atoms with E-state index in [1.165, 1.54) is 6.07 Å². The third-order valence-corrected chi connectivity index (χ3v) is 4.23. The summed E-state index contributed by atoms with van der Waals surface area (Å²) < 4.78 is 13.0. The van der Waals surface area contributed by atoms with Crippen molar-refractivity contribution in [2.45, 2.75) is 33.2 Å². The normalized spacial score (nSPS) is 12.7. The number of hydrogen-bond acceptors (Lipinski definition) is 3. The Morgan fingerprint density at radius 2 is 2.06 bits per heavy atom. The first-order chi connectivity index (χ1) is 8.47. The fourth-order valence-electron chi connectivity index (χ4n) is 2.11. The van der Waals surface area contributed by atoms with Gasteiger partial charge in [0.1, 0.15) is 5.82 Å². The molecule has 0 aliphatic carbocycles. The lowest BCUT2D eigenvalue weighted by atomic mass is 10.00. The number of nitrogens with zero attached hydrogens (tertiary/aromatic N) is 1. The van der Waals surface area contributed by atoms with E-state index in [2.05, 4.69) is 4.98 Å². The van der Waals surface area contributed by atoms with Crippen LogP contribution >= 0.6 is 11.3 Å². The van der Waals surface area contributed by atoms with Crippen molar-refractivity contribution < 1.29 is 4.39 Å². The minimum Gasteiger partial charge on any atom is -0.323 e. The summed E-state index contributed by atoms with van der Waals surface area (Å²) in [5.74, 6) is -0.199. The standard InChI is InChI=1S/C14H17FN2S/c1-8-6-12(15)5-4-11(8)7-13(16)14-9(2)17-10(3)18-14/h4-6,13H,7,16H2,1-3H3. The van der Waals surface area contributed by atoms with Crippen LogP contribution in [0.1, 0.15) is 32.7 Å². The Balaban J connectivity index is 2.21. The van der Waals surface area contributed by atoms with Crippen LogP contribution in [0.5, 0.6) is 0 Å². The molecule has 0 radical (unpaired) electrons. The van der Waals surface area contributed by atoms with Gasteiger partial charge in [-0.1, -0.05) is 6.07 Å². The van der Waals surface area contributed by atoms with Crippen LogP contribution in [0, 0.1) is 26.6 Å². The summed E-state index contributed by atoms with van der Waals surface area (Å²) in [7, 11) is 0. The van der Waals surface area contributed by atoms with Crippen molar-refractivity contribution in [1.82, 2.24) is 4.98 Å². The molecule has 2 N–H and O–H groups in total. The largest absolute Gasteiger partial charge is 0.323 e. The Kier molecular flexibility index (Phi) is 3.78. The van der Waals surface area contributed by atoms with Crippen LogP contribution in [0.4, 0.5) is 4.39 Å². The first kappa shape index (κ1) is 13.2. The molecule has 0 aliphatic rings. The molecule has 1 heterocycles. The average Bonchev–Trinajstić information content (AvgIpc) is 2.62. The zero-order valence-electron chi connectivity index (χ0n) is 10.8. The Morgan fingerprint density at radius 3 is 2.61 bits per heavy atom. The van der Waals surface area contributed by atoms with E-state index >= 15 is 0 Å². The molecule has 2 rings (SSSR count). The van der Waals surface area contributed by atoms with Gasteiger partial charge < -0.3 is 5.73 Å². The molecular formula is C14H17FN2S. The molecule has 96 valence electrons. The molecule has 0 saturated carbocycles. The van der Waals surface area contributed by atoms with Crippen LogP contribution in [0.2, 0.25) is 0 Å². The molecule has 0 fully saturated rings. The number of benzene rings is 1. The maximum Gasteiger partial charge on any atom is 0.123 e. The van der Waals surface area contributed by atoms with E-state index in [1.54, 1.807) is 17.4 Å². The van der Waals surface area contributed by atoms with Gasteiger partial charge in [-0.15, -0.1) is 11.3 Å². The van der Waals surface area contributed by atoms with E-state index in [4.69, 9.17) is 5.73 Å². The lowest BCUT2D eigenvalue weighted by molar-refractivity contribution is 0.624. The molecule has 0 saturated heterocycles. The van der Waals surface area contributed by atoms with E-state index in [0.29, 0.717) is 6.42 Å². The van der Waals surface area contributed by atoms with Gasteiger partial charge in [0.15, 0.2) is 0 Å². The molecule has 1 aromatic carbocycles. The average molecular weight is 264 g/mol. The Labute approximate surface area is 111 Å². The van der Waals surface area contributed by atoms with Crippen LogP contribution in [0.3, 0.4) is 0 Å². The molecule has 1 unspecified atom stereocenters. The highest BCUT2D eigenvalue weighted by Crippen LogP contribution is 2.26. The third kappa shape index (κ3) is 2.76. The molecular weight excluding hydrogens is 247 g/mol. The van der Waals surface area contributed by atoms with Crippen molar-refractivity contribution in [2.24, 2.45) is 5.73 Å². The van der Waals surface area contributed by atoms with Crippen molar-refractivity contribution >= 4 is 11.3 Å². The quantitative estimate of drug-likeness (QED) is 0.922. The van der Waals surface area contributed by atoms with Gasteiger partial charge in [0.2, 0.25) is 0 Å². The van der Waals surface area contributed by atoms with Crippen molar-refractivity contribution in [3.8, 4) is 0 Å². The van der Waals surface area contributed by atoms with Crippen molar-refractivity contribution in [3.05, 3.63) is 50.7 Å².